The largest absolute Gasteiger partial charge is 0.478 e. The van der Waals surface area contributed by atoms with Gasteiger partial charge in [0.15, 0.2) is 11.5 Å². The average Bonchev–Trinajstić information content (AvgIpc) is 3.13. The summed E-state index contributed by atoms with van der Waals surface area (Å²) in [5, 5.41) is 33.5. The van der Waals surface area contributed by atoms with Crippen molar-refractivity contribution in [2.75, 3.05) is 10.6 Å². The van der Waals surface area contributed by atoms with Crippen LogP contribution in [-0.2, 0) is 9.59 Å². The molecule has 54 heavy (non-hydrogen) atoms. The number of ether oxygens (including phenoxy) is 1. The van der Waals surface area contributed by atoms with Gasteiger partial charge in [0, 0.05) is 17.7 Å². The Morgan fingerprint density at radius 1 is 0.519 bits per heavy atom. The molecule has 5 N–H and O–H groups in total. The Morgan fingerprint density at radius 2 is 1.00 bits per heavy atom. The van der Waals surface area contributed by atoms with E-state index < -0.39 is 36.0 Å². The molecule has 0 radical (unpaired) electrons. The number of aromatic carboxylic acids is 3. The number of unbranched alkanes of at least 4 members (excludes halogenated alkanes) is 14. The van der Waals surface area contributed by atoms with Crippen LogP contribution in [0.1, 0.15) is 158 Å². The Bertz CT molecular complexity index is 1700. The fourth-order valence-corrected chi connectivity index (χ4v) is 5.94. The first-order valence-electron chi connectivity index (χ1n) is 18.9. The predicted octanol–water partition coefficient (Wildman–Crippen LogP) is 9.99. The maximum atomic E-state index is 12.9. The van der Waals surface area contributed by atoms with Crippen LogP contribution in [-0.4, -0.2) is 50.8 Å². The van der Waals surface area contributed by atoms with Gasteiger partial charge in [0.2, 0.25) is 11.8 Å². The molecule has 290 valence electrons. The van der Waals surface area contributed by atoms with Crippen LogP contribution in [0.3, 0.4) is 0 Å². The number of carbonyl (C=O) groups is 6. The van der Waals surface area contributed by atoms with Crippen molar-refractivity contribution >= 4 is 46.9 Å². The minimum Gasteiger partial charge on any atom is -0.478 e. The minimum absolute atomic E-state index is 0.112. The number of rotatable bonds is 26. The predicted molar refractivity (Wildman–Crippen MR) is 206 cm³/mol. The Balaban J connectivity index is 1.42. The van der Waals surface area contributed by atoms with E-state index in [2.05, 4.69) is 17.6 Å². The summed E-state index contributed by atoms with van der Waals surface area (Å²) in [6.45, 7) is 2.25. The van der Waals surface area contributed by atoms with Crippen LogP contribution in [0.5, 0.6) is 11.5 Å². The molecule has 12 nitrogen and oxygen atoms in total. The summed E-state index contributed by atoms with van der Waals surface area (Å²) < 4.78 is 5.68. The quantitative estimate of drug-likeness (QED) is 0.0300. The van der Waals surface area contributed by atoms with Gasteiger partial charge in [-0.05, 0) is 67.1 Å². The number of hydrogen-bond acceptors (Lipinski definition) is 7. The van der Waals surface area contributed by atoms with Crippen LogP contribution in [0.25, 0.3) is 0 Å². The van der Waals surface area contributed by atoms with Gasteiger partial charge >= 0.3 is 17.9 Å². The molecule has 0 aromatic heterocycles. The number of carbonyl (C=O) groups excluding carboxylic acids is 3. The van der Waals surface area contributed by atoms with Gasteiger partial charge < -0.3 is 30.7 Å². The van der Waals surface area contributed by atoms with Crippen LogP contribution in [0.15, 0.2) is 60.7 Å². The van der Waals surface area contributed by atoms with Gasteiger partial charge in [0.25, 0.3) is 0 Å². The lowest BCUT2D eigenvalue weighted by Crippen LogP contribution is -2.17. The smallest absolute Gasteiger partial charge is 0.335 e. The first-order chi connectivity index (χ1) is 26.0. The van der Waals surface area contributed by atoms with E-state index in [1.807, 2.05) is 0 Å². The molecule has 0 unspecified atom stereocenters. The van der Waals surface area contributed by atoms with Gasteiger partial charge in [0.05, 0.1) is 28.8 Å². The van der Waals surface area contributed by atoms with Gasteiger partial charge in [-0.1, -0.05) is 96.8 Å². The van der Waals surface area contributed by atoms with E-state index in [0.29, 0.717) is 12.1 Å². The molecule has 0 heterocycles. The third kappa shape index (κ3) is 15.6. The van der Waals surface area contributed by atoms with Crippen molar-refractivity contribution in [1.29, 1.82) is 0 Å². The Hall–Kier alpha value is -5.52. The monoisotopic (exact) mass is 744 g/mol. The molecule has 0 aliphatic carbocycles. The normalized spacial score (nSPS) is 10.8. The van der Waals surface area contributed by atoms with E-state index in [1.54, 1.807) is 12.1 Å². The molecule has 0 saturated carbocycles. The fourth-order valence-electron chi connectivity index (χ4n) is 5.94. The summed E-state index contributed by atoms with van der Waals surface area (Å²) >= 11 is 0. The standard InChI is InChI=1S/C42H52N2O10/c1-2-3-4-5-6-7-8-9-10-11-12-13-14-15-16-17-38(46)43-33-21-18-29(19-22-33)36(45)28-39(47)44-35-27-30(40(48)49)20-23-37(35)54-34-25-31(41(50)51)24-32(26-34)42(52)53/h18-27H,2-17,28H2,1H3,(H,43,46)(H,44,47)(H,48,49)(H,50,51)(H,52,53). The minimum atomic E-state index is -1.40. The molecule has 0 spiro atoms. The van der Waals surface area contributed by atoms with E-state index in [9.17, 15) is 44.1 Å². The molecule has 3 aromatic rings. The van der Waals surface area contributed by atoms with E-state index in [-0.39, 0.29) is 45.3 Å². The summed E-state index contributed by atoms with van der Waals surface area (Å²) in [5.74, 6) is -5.87. The molecule has 0 aliphatic heterocycles. The molecule has 0 saturated heterocycles. The van der Waals surface area contributed by atoms with E-state index in [0.717, 1.165) is 43.5 Å². The molecular weight excluding hydrogens is 692 g/mol. The van der Waals surface area contributed by atoms with Crippen molar-refractivity contribution in [3.8, 4) is 11.5 Å². The number of hydrogen-bond donors (Lipinski definition) is 5. The van der Waals surface area contributed by atoms with Crippen molar-refractivity contribution in [3.63, 3.8) is 0 Å². The summed E-state index contributed by atoms with van der Waals surface area (Å²) in [4.78, 5) is 72.9. The van der Waals surface area contributed by atoms with Gasteiger partial charge in [-0.2, -0.15) is 0 Å². The van der Waals surface area contributed by atoms with Crippen molar-refractivity contribution in [2.24, 2.45) is 0 Å². The maximum Gasteiger partial charge on any atom is 0.335 e. The van der Waals surface area contributed by atoms with Crippen molar-refractivity contribution in [1.82, 2.24) is 0 Å². The number of Topliss-reactive ketones (excluding diaryl/α,β-unsaturated/α-hetero) is 1. The van der Waals surface area contributed by atoms with Gasteiger partial charge in [-0.15, -0.1) is 0 Å². The van der Waals surface area contributed by atoms with E-state index in [4.69, 9.17) is 4.74 Å². The molecule has 3 aromatic carbocycles. The summed E-state index contributed by atoms with van der Waals surface area (Å²) in [5.41, 5.74) is -0.354. The van der Waals surface area contributed by atoms with Crippen LogP contribution in [0.4, 0.5) is 11.4 Å². The zero-order chi connectivity index (χ0) is 39.3. The lowest BCUT2D eigenvalue weighted by Gasteiger charge is -2.14. The van der Waals surface area contributed by atoms with Crippen LogP contribution < -0.4 is 15.4 Å². The number of nitrogens with one attached hydrogen (secondary N) is 2. The third-order valence-corrected chi connectivity index (χ3v) is 8.95. The van der Waals surface area contributed by atoms with Crippen molar-refractivity contribution < 1.29 is 48.8 Å². The van der Waals surface area contributed by atoms with Gasteiger partial charge in [-0.3, -0.25) is 14.4 Å². The maximum absolute atomic E-state index is 12.9. The number of carboxylic acids is 3. The molecule has 0 fully saturated rings. The number of amides is 2. The lowest BCUT2D eigenvalue weighted by atomic mass is 10.0. The molecule has 0 aliphatic rings. The number of ketones is 1. The Kier molecular flexibility index (Phi) is 18.4. The fraction of sp³-hybridized carbons (Fsp3) is 0.429. The number of anilines is 2. The van der Waals surface area contributed by atoms with Crippen LogP contribution in [0.2, 0.25) is 0 Å². The Labute approximate surface area is 316 Å². The van der Waals surface area contributed by atoms with Crippen LogP contribution >= 0.6 is 0 Å². The molecule has 3 rings (SSSR count). The van der Waals surface area contributed by atoms with Gasteiger partial charge in [0.1, 0.15) is 5.75 Å². The Morgan fingerprint density at radius 3 is 1.50 bits per heavy atom. The first-order valence-corrected chi connectivity index (χ1v) is 18.9. The second-order valence-electron chi connectivity index (χ2n) is 13.4. The molecule has 0 bridgehead atoms. The molecule has 0 atom stereocenters. The summed E-state index contributed by atoms with van der Waals surface area (Å²) in [6, 6.07) is 12.7. The van der Waals surface area contributed by atoms with E-state index >= 15 is 0 Å². The average molecular weight is 745 g/mol. The van der Waals surface area contributed by atoms with Crippen molar-refractivity contribution in [3.05, 3.63) is 82.9 Å². The highest BCUT2D eigenvalue weighted by atomic mass is 16.5. The van der Waals surface area contributed by atoms with E-state index in [1.165, 1.54) is 101 Å². The summed E-state index contributed by atoms with van der Waals surface area (Å²) in [7, 11) is 0. The first kappa shape index (κ1) is 42.9. The van der Waals surface area contributed by atoms with Crippen molar-refractivity contribution in [2.45, 2.75) is 116 Å². The van der Waals surface area contributed by atoms with Crippen LogP contribution in [0, 0.1) is 0 Å². The van der Waals surface area contributed by atoms with Gasteiger partial charge in [-0.25, -0.2) is 14.4 Å². The third-order valence-electron chi connectivity index (χ3n) is 8.95. The second-order valence-corrected chi connectivity index (χ2v) is 13.4. The SMILES string of the molecule is CCCCCCCCCCCCCCCCCC(=O)Nc1ccc(C(=O)CC(=O)Nc2cc(C(=O)O)ccc2Oc2cc(C(=O)O)cc(C(=O)O)c2)cc1. The molecule has 12 heteroatoms. The highest BCUT2D eigenvalue weighted by Gasteiger charge is 2.18. The highest BCUT2D eigenvalue weighted by molar-refractivity contribution is 6.11. The zero-order valence-corrected chi connectivity index (χ0v) is 31.0. The summed E-state index contributed by atoms with van der Waals surface area (Å²) in [6.07, 6.45) is 18.5. The zero-order valence-electron chi connectivity index (χ0n) is 31.0. The highest BCUT2D eigenvalue weighted by Crippen LogP contribution is 2.32. The lowest BCUT2D eigenvalue weighted by molar-refractivity contribution is -0.116. The number of benzene rings is 3. The second kappa shape index (κ2) is 23.2. The molecular formula is C42H52N2O10. The number of carboxylic acid groups (broad SMARTS) is 3. The topological polar surface area (TPSA) is 196 Å². The molecule has 2 amide bonds.